The molecule has 7 aromatic carbocycles. The highest BCUT2D eigenvalue weighted by atomic mass is 16.3. The van der Waals surface area contributed by atoms with Crippen molar-refractivity contribution in [2.24, 2.45) is 23.2 Å². The van der Waals surface area contributed by atoms with Crippen LogP contribution in [0.25, 0.3) is 60.6 Å². The van der Waals surface area contributed by atoms with E-state index in [1.54, 1.807) is 5.56 Å². The maximum Gasteiger partial charge on any atom is 0.137 e. The molecule has 0 amide bonds. The van der Waals surface area contributed by atoms with Crippen molar-refractivity contribution < 1.29 is 4.42 Å². The zero-order valence-corrected chi connectivity index (χ0v) is 30.0. The van der Waals surface area contributed by atoms with Gasteiger partial charge in [-0.05, 0) is 121 Å². The molecule has 54 heavy (non-hydrogen) atoms. The van der Waals surface area contributed by atoms with E-state index >= 15 is 0 Å². The first kappa shape index (κ1) is 29.4. The number of hydrogen-bond donors (Lipinski definition) is 0. The summed E-state index contributed by atoms with van der Waals surface area (Å²) in [4.78, 5) is 2.44. The van der Waals surface area contributed by atoms with Crippen LogP contribution >= 0.6 is 0 Å². The van der Waals surface area contributed by atoms with Crippen LogP contribution in [0, 0.1) is 23.2 Å². The van der Waals surface area contributed by atoms with Crippen molar-refractivity contribution >= 4 is 60.8 Å². The fraction of sp³-hybridized carbons (Fsp3) is 0.176. The first-order valence-corrected chi connectivity index (χ1v) is 19.7. The van der Waals surface area contributed by atoms with E-state index in [2.05, 4.69) is 167 Å². The molecule has 13 rings (SSSR count). The van der Waals surface area contributed by atoms with Gasteiger partial charge in [0.1, 0.15) is 11.2 Å². The first-order valence-electron chi connectivity index (χ1n) is 19.7. The van der Waals surface area contributed by atoms with Crippen molar-refractivity contribution in [3.8, 4) is 16.8 Å². The molecule has 0 unspecified atom stereocenters. The number of furan rings is 1. The number of rotatable bonds is 6. The van der Waals surface area contributed by atoms with Crippen LogP contribution in [0.15, 0.2) is 168 Å². The van der Waals surface area contributed by atoms with E-state index in [1.807, 2.05) is 6.07 Å². The second-order valence-electron chi connectivity index (χ2n) is 16.6. The van der Waals surface area contributed by atoms with Gasteiger partial charge in [-0.2, -0.15) is 0 Å². The van der Waals surface area contributed by atoms with E-state index in [0.717, 1.165) is 51.1 Å². The van der Waals surface area contributed by atoms with Crippen molar-refractivity contribution in [2.75, 3.05) is 4.90 Å². The lowest BCUT2D eigenvalue weighted by Gasteiger charge is -2.91. The third kappa shape index (κ3) is 3.54. The van der Waals surface area contributed by atoms with Crippen LogP contribution in [0.5, 0.6) is 0 Å². The number of para-hydroxylation sites is 4. The SMILES string of the molecule is c1cc(N(c2ccc(-c3ccccc3-n3c4ccccc4c4ccccc43)cc2)c2ccc3c(c2)oc2ccccc23)cc(C23C[C@@H]4CC5C[C@@H](C2)C543)c1. The fourth-order valence-electron chi connectivity index (χ4n) is 12.5. The molecule has 4 aliphatic carbocycles. The predicted octanol–water partition coefficient (Wildman–Crippen LogP) is 13.5. The molecule has 4 saturated carbocycles. The van der Waals surface area contributed by atoms with E-state index in [1.165, 1.54) is 70.0 Å². The number of aromatic nitrogens is 1. The maximum absolute atomic E-state index is 6.45. The van der Waals surface area contributed by atoms with E-state index in [4.69, 9.17) is 4.42 Å². The maximum atomic E-state index is 6.45. The van der Waals surface area contributed by atoms with E-state index in [0.29, 0.717) is 10.8 Å². The van der Waals surface area contributed by atoms with Gasteiger partial charge in [0.05, 0.1) is 16.7 Å². The van der Waals surface area contributed by atoms with Crippen molar-refractivity contribution in [2.45, 2.75) is 31.1 Å². The summed E-state index contributed by atoms with van der Waals surface area (Å²) >= 11 is 0. The van der Waals surface area contributed by atoms with Crippen LogP contribution in [0.4, 0.5) is 17.1 Å². The van der Waals surface area contributed by atoms with Gasteiger partial charge >= 0.3 is 0 Å². The quantitative estimate of drug-likeness (QED) is 0.173. The monoisotopic (exact) mass is 694 g/mol. The summed E-state index contributed by atoms with van der Waals surface area (Å²) in [5.41, 5.74) is 13.9. The molecule has 0 bridgehead atoms. The summed E-state index contributed by atoms with van der Waals surface area (Å²) in [6, 6.07) is 60.2. The summed E-state index contributed by atoms with van der Waals surface area (Å²) in [5.74, 6) is 2.93. The van der Waals surface area contributed by atoms with Gasteiger partial charge in [0.25, 0.3) is 0 Å². The molecular weight excluding hydrogens is 657 g/mol. The van der Waals surface area contributed by atoms with E-state index in [-0.39, 0.29) is 0 Å². The van der Waals surface area contributed by atoms with Crippen LogP contribution in [0.1, 0.15) is 31.2 Å². The Balaban J connectivity index is 0.947. The third-order valence-corrected chi connectivity index (χ3v) is 14.6. The zero-order chi connectivity index (χ0) is 35.2. The highest BCUT2D eigenvalue weighted by Gasteiger charge is 2.87. The molecule has 0 N–H and O–H groups in total. The normalized spacial score (nSPS) is 24.7. The predicted molar refractivity (Wildman–Crippen MR) is 221 cm³/mol. The van der Waals surface area contributed by atoms with Crippen LogP contribution in [0.3, 0.4) is 0 Å². The van der Waals surface area contributed by atoms with Gasteiger partial charge in [0, 0.05) is 55.7 Å². The second-order valence-corrected chi connectivity index (χ2v) is 16.6. The molecule has 3 heteroatoms. The van der Waals surface area contributed by atoms with Crippen LogP contribution in [-0.2, 0) is 5.41 Å². The molecule has 0 saturated heterocycles. The average Bonchev–Trinajstić information content (AvgIpc) is 3.73. The number of hydrogen-bond acceptors (Lipinski definition) is 2. The summed E-state index contributed by atoms with van der Waals surface area (Å²) in [5, 5.41) is 4.86. The minimum atomic E-state index is 0.397. The molecule has 1 spiro atoms. The minimum Gasteiger partial charge on any atom is -0.456 e. The summed E-state index contributed by atoms with van der Waals surface area (Å²) in [7, 11) is 0. The third-order valence-electron chi connectivity index (χ3n) is 14.6. The summed E-state index contributed by atoms with van der Waals surface area (Å²) in [6.45, 7) is 0. The Hall–Kier alpha value is -6.06. The van der Waals surface area contributed by atoms with Crippen molar-refractivity contribution in [1.82, 2.24) is 4.57 Å². The van der Waals surface area contributed by atoms with Crippen molar-refractivity contribution in [1.29, 1.82) is 0 Å². The molecule has 258 valence electrons. The Morgan fingerprint density at radius 2 is 1.13 bits per heavy atom. The molecule has 2 heterocycles. The van der Waals surface area contributed by atoms with Gasteiger partial charge in [-0.1, -0.05) is 97.1 Å². The number of anilines is 3. The van der Waals surface area contributed by atoms with Crippen LogP contribution in [0.2, 0.25) is 0 Å². The van der Waals surface area contributed by atoms with Crippen molar-refractivity contribution in [3.63, 3.8) is 0 Å². The Bertz CT molecular complexity index is 2920. The molecule has 4 aliphatic rings. The lowest BCUT2D eigenvalue weighted by atomic mass is 9.12. The Labute approximate surface area is 314 Å². The molecule has 4 fully saturated rings. The zero-order valence-electron chi connectivity index (χ0n) is 30.0. The summed E-state index contributed by atoms with van der Waals surface area (Å²) < 4.78 is 8.88. The Kier molecular flexibility index (Phi) is 5.62. The smallest absolute Gasteiger partial charge is 0.137 e. The standard InChI is InChI=1S/C51H38N2O/c1-5-16-45(53-46-17-6-2-13-41(46)42-14-3-7-18-47(42)53)40(12-1)32-20-22-37(23-21-32)52(39-24-25-44-43-15-4-8-19-48(43)54-49(44)29-39)38-11-9-10-33(28-38)50-30-35-26-34-27-36(31-50)51(34,35)50/h1-25,28-29,34-36H,26-27,30-31H2/t34?,35-,36-,50?,51?/m0/s1. The second kappa shape index (κ2) is 10.3. The van der Waals surface area contributed by atoms with Gasteiger partial charge in [-0.25, -0.2) is 0 Å². The highest BCUT2D eigenvalue weighted by molar-refractivity contribution is 6.10. The van der Waals surface area contributed by atoms with Gasteiger partial charge in [-0.3, -0.25) is 0 Å². The van der Waals surface area contributed by atoms with Crippen LogP contribution < -0.4 is 4.90 Å². The number of fused-ring (bicyclic) bond motifs is 6. The molecule has 3 nitrogen and oxygen atoms in total. The fourth-order valence-corrected chi connectivity index (χ4v) is 12.5. The molecular formula is C51H38N2O. The highest BCUT2D eigenvalue weighted by Crippen LogP contribution is 2.92. The van der Waals surface area contributed by atoms with Crippen molar-refractivity contribution in [3.05, 3.63) is 169 Å². The van der Waals surface area contributed by atoms with E-state index < -0.39 is 0 Å². The average molecular weight is 695 g/mol. The number of nitrogens with zero attached hydrogens (tertiary/aromatic N) is 2. The van der Waals surface area contributed by atoms with Gasteiger partial charge < -0.3 is 13.9 Å². The van der Waals surface area contributed by atoms with Gasteiger partial charge in [0.15, 0.2) is 0 Å². The van der Waals surface area contributed by atoms with Gasteiger partial charge in [-0.15, -0.1) is 0 Å². The lowest BCUT2D eigenvalue weighted by Crippen LogP contribution is -2.87. The summed E-state index contributed by atoms with van der Waals surface area (Å²) in [6.07, 6.45) is 5.73. The Morgan fingerprint density at radius 3 is 1.87 bits per heavy atom. The first-order chi connectivity index (χ1) is 26.7. The number of benzene rings is 7. The largest absolute Gasteiger partial charge is 0.456 e. The lowest BCUT2D eigenvalue weighted by molar-refractivity contribution is -0.395. The molecule has 2 atom stereocenters. The van der Waals surface area contributed by atoms with Gasteiger partial charge in [0.2, 0.25) is 0 Å². The molecule has 2 aromatic heterocycles. The van der Waals surface area contributed by atoms with Crippen LogP contribution in [-0.4, -0.2) is 4.57 Å². The minimum absolute atomic E-state index is 0.397. The molecule has 0 aliphatic heterocycles. The Morgan fingerprint density at radius 1 is 0.500 bits per heavy atom. The molecule has 9 aromatic rings. The van der Waals surface area contributed by atoms with E-state index in [9.17, 15) is 0 Å². The molecule has 0 radical (unpaired) electrons. The topological polar surface area (TPSA) is 21.3 Å².